The molecule has 4 nitrogen and oxygen atoms in total. The van der Waals surface area contributed by atoms with Crippen molar-refractivity contribution in [3.63, 3.8) is 0 Å². The van der Waals surface area contributed by atoms with Crippen molar-refractivity contribution in [2.24, 2.45) is 17.0 Å². The quantitative estimate of drug-likeness (QED) is 0.807. The van der Waals surface area contributed by atoms with Crippen LogP contribution in [0.25, 0.3) is 0 Å². The third kappa shape index (κ3) is 1.89. The lowest BCUT2D eigenvalue weighted by Gasteiger charge is -2.17. The number of hydrogen-bond acceptors (Lipinski definition) is 4. The molecule has 21 heavy (non-hydrogen) atoms. The van der Waals surface area contributed by atoms with Crippen LogP contribution < -0.4 is 0 Å². The maximum Gasteiger partial charge on any atom is 0.313 e. The fourth-order valence-corrected chi connectivity index (χ4v) is 3.44. The van der Waals surface area contributed by atoms with Gasteiger partial charge >= 0.3 is 5.97 Å². The summed E-state index contributed by atoms with van der Waals surface area (Å²) in [6.07, 6.45) is 0.675. The number of rotatable bonds is 3. The minimum Gasteiger partial charge on any atom is -0.466 e. The number of allylic oxidation sites excluding steroid dienone is 1. The van der Waals surface area contributed by atoms with Gasteiger partial charge in [-0.15, -0.1) is 0 Å². The van der Waals surface area contributed by atoms with Gasteiger partial charge in [0, 0.05) is 22.1 Å². The molecule has 3 aliphatic rings. The molecule has 2 aliphatic carbocycles. The van der Waals surface area contributed by atoms with E-state index in [0.29, 0.717) is 11.6 Å². The van der Waals surface area contributed by atoms with Gasteiger partial charge in [0.15, 0.2) is 6.10 Å². The summed E-state index contributed by atoms with van der Waals surface area (Å²) in [5.74, 6) is -0.129. The molecular formula is C16H14ClNO3. The Bertz CT molecular complexity index is 677. The summed E-state index contributed by atoms with van der Waals surface area (Å²) in [6.45, 7) is 2.21. The molecular weight excluding hydrogens is 290 g/mol. The standard InChI is InChI=1S/C16H14ClNO3/c1-2-20-16(19)13-11-7-10(11)12-14(18-21-15(12)13)8-3-5-9(17)6-4-8/h3-6,11,13,15H,2,7H2,1H3. The highest BCUT2D eigenvalue weighted by Crippen LogP contribution is 2.58. The van der Waals surface area contributed by atoms with Gasteiger partial charge < -0.3 is 9.57 Å². The maximum absolute atomic E-state index is 12.1. The largest absolute Gasteiger partial charge is 0.466 e. The number of ether oxygens (including phenoxy) is 1. The lowest BCUT2D eigenvalue weighted by Crippen LogP contribution is -2.30. The van der Waals surface area contributed by atoms with Crippen molar-refractivity contribution in [3.05, 3.63) is 46.0 Å². The van der Waals surface area contributed by atoms with Crippen LogP contribution in [0.5, 0.6) is 0 Å². The van der Waals surface area contributed by atoms with E-state index in [9.17, 15) is 4.79 Å². The third-order valence-corrected chi connectivity index (χ3v) is 4.56. The number of nitrogens with zero attached hydrogens (tertiary/aromatic N) is 1. The van der Waals surface area contributed by atoms with Gasteiger partial charge in [0.1, 0.15) is 11.6 Å². The molecule has 0 spiro atoms. The summed E-state index contributed by atoms with van der Waals surface area (Å²) in [4.78, 5) is 17.7. The number of halogens is 1. The van der Waals surface area contributed by atoms with Gasteiger partial charge in [0.2, 0.25) is 0 Å². The first-order valence-corrected chi connectivity index (χ1v) is 7.48. The van der Waals surface area contributed by atoms with Crippen LogP contribution in [-0.4, -0.2) is 24.4 Å². The molecule has 1 aromatic rings. The van der Waals surface area contributed by atoms with Crippen molar-refractivity contribution in [1.29, 1.82) is 0 Å². The summed E-state index contributed by atoms with van der Waals surface area (Å²) < 4.78 is 5.17. The van der Waals surface area contributed by atoms with Gasteiger partial charge in [-0.2, -0.15) is 0 Å². The zero-order valence-corrected chi connectivity index (χ0v) is 12.3. The second-order valence-electron chi connectivity index (χ2n) is 5.50. The van der Waals surface area contributed by atoms with E-state index in [1.807, 2.05) is 31.2 Å². The second-order valence-corrected chi connectivity index (χ2v) is 5.94. The highest BCUT2D eigenvalue weighted by molar-refractivity contribution is 6.30. The van der Waals surface area contributed by atoms with Crippen molar-refractivity contribution in [1.82, 2.24) is 0 Å². The number of carbonyl (C=O) groups excluding carboxylic acids is 1. The molecule has 0 radical (unpaired) electrons. The van der Waals surface area contributed by atoms with Crippen LogP contribution >= 0.6 is 11.6 Å². The summed E-state index contributed by atoms with van der Waals surface area (Å²) in [5.41, 5.74) is 4.19. The van der Waals surface area contributed by atoms with Crippen molar-refractivity contribution in [2.75, 3.05) is 6.61 Å². The molecule has 3 unspecified atom stereocenters. The topological polar surface area (TPSA) is 47.9 Å². The van der Waals surface area contributed by atoms with Crippen molar-refractivity contribution < 1.29 is 14.4 Å². The molecule has 1 heterocycles. The second kappa shape index (κ2) is 4.60. The number of benzene rings is 1. The number of fused-ring (bicyclic) bond motifs is 2. The van der Waals surface area contributed by atoms with Crippen LogP contribution in [0.3, 0.4) is 0 Å². The number of oxime groups is 1. The number of hydrogen-bond donors (Lipinski definition) is 0. The minimum absolute atomic E-state index is 0.176. The zero-order valence-electron chi connectivity index (χ0n) is 11.5. The third-order valence-electron chi connectivity index (χ3n) is 4.31. The molecule has 4 rings (SSSR count). The molecule has 1 aliphatic heterocycles. The molecule has 0 saturated heterocycles. The van der Waals surface area contributed by atoms with Gasteiger partial charge in [0.05, 0.1) is 6.61 Å². The van der Waals surface area contributed by atoms with Crippen LogP contribution in [0, 0.1) is 11.8 Å². The first-order valence-electron chi connectivity index (χ1n) is 7.10. The first-order chi connectivity index (χ1) is 10.2. The lowest BCUT2D eigenvalue weighted by molar-refractivity contribution is -0.152. The Morgan fingerprint density at radius 3 is 2.90 bits per heavy atom. The van der Waals surface area contributed by atoms with E-state index in [1.165, 1.54) is 5.57 Å². The first kappa shape index (κ1) is 12.9. The zero-order chi connectivity index (χ0) is 14.6. The molecule has 1 saturated carbocycles. The molecule has 108 valence electrons. The summed E-state index contributed by atoms with van der Waals surface area (Å²) >= 11 is 5.92. The number of carbonyl (C=O) groups is 1. The van der Waals surface area contributed by atoms with Gasteiger partial charge in [-0.05, 0) is 25.5 Å². The Morgan fingerprint density at radius 2 is 2.19 bits per heavy atom. The molecule has 1 fully saturated rings. The van der Waals surface area contributed by atoms with Crippen LogP contribution in [0.1, 0.15) is 18.9 Å². The normalized spacial score (nSPS) is 28.7. The maximum atomic E-state index is 12.1. The number of esters is 1. The summed E-state index contributed by atoms with van der Waals surface area (Å²) in [7, 11) is 0. The monoisotopic (exact) mass is 303 g/mol. The van der Waals surface area contributed by atoms with E-state index in [-0.39, 0.29) is 23.9 Å². The minimum atomic E-state index is -0.275. The fourth-order valence-electron chi connectivity index (χ4n) is 3.31. The summed E-state index contributed by atoms with van der Waals surface area (Å²) in [5, 5.41) is 4.89. The molecule has 0 amide bonds. The molecule has 5 heteroatoms. The highest BCUT2D eigenvalue weighted by atomic mass is 35.5. The van der Waals surface area contributed by atoms with E-state index in [1.54, 1.807) is 0 Å². The van der Waals surface area contributed by atoms with E-state index in [2.05, 4.69) is 5.16 Å². The van der Waals surface area contributed by atoms with E-state index in [4.69, 9.17) is 21.2 Å². The predicted octanol–water partition coefficient (Wildman–Crippen LogP) is 2.95. The molecule has 0 bridgehead atoms. The lowest BCUT2D eigenvalue weighted by atomic mass is 9.93. The van der Waals surface area contributed by atoms with Crippen LogP contribution in [0.15, 0.2) is 40.6 Å². The average Bonchev–Trinajstić information content (AvgIpc) is 3.00. The molecule has 0 N–H and O–H groups in total. The Hall–Kier alpha value is -1.81. The van der Waals surface area contributed by atoms with Crippen LogP contribution in [-0.2, 0) is 14.4 Å². The molecule has 1 aromatic carbocycles. The van der Waals surface area contributed by atoms with Gasteiger partial charge in [-0.1, -0.05) is 34.5 Å². The molecule has 3 atom stereocenters. The molecule has 0 aromatic heterocycles. The Kier molecular flexibility index (Phi) is 2.82. The fraction of sp³-hybridized carbons (Fsp3) is 0.375. The van der Waals surface area contributed by atoms with E-state index in [0.717, 1.165) is 23.3 Å². The van der Waals surface area contributed by atoms with Crippen molar-refractivity contribution in [2.45, 2.75) is 19.4 Å². The van der Waals surface area contributed by atoms with Gasteiger partial charge in [-0.25, -0.2) is 0 Å². The Labute approximate surface area is 127 Å². The van der Waals surface area contributed by atoms with E-state index >= 15 is 0 Å². The van der Waals surface area contributed by atoms with Crippen molar-refractivity contribution in [3.8, 4) is 0 Å². The Balaban J connectivity index is 1.64. The average molecular weight is 304 g/mol. The SMILES string of the molecule is CCOC(=O)C1C2CC2=C2C(c3ccc(Cl)cc3)=NOC21. The van der Waals surface area contributed by atoms with Gasteiger partial charge in [0.25, 0.3) is 0 Å². The summed E-state index contributed by atoms with van der Waals surface area (Å²) in [6, 6.07) is 7.52. The van der Waals surface area contributed by atoms with Crippen LogP contribution in [0.4, 0.5) is 0 Å². The smallest absolute Gasteiger partial charge is 0.313 e. The highest BCUT2D eigenvalue weighted by Gasteiger charge is 2.59. The van der Waals surface area contributed by atoms with Crippen molar-refractivity contribution >= 4 is 23.3 Å². The Morgan fingerprint density at radius 1 is 1.43 bits per heavy atom. The predicted molar refractivity (Wildman–Crippen MR) is 78.1 cm³/mol. The van der Waals surface area contributed by atoms with Crippen LogP contribution in [0.2, 0.25) is 5.02 Å². The van der Waals surface area contributed by atoms with E-state index < -0.39 is 0 Å². The van der Waals surface area contributed by atoms with Gasteiger partial charge in [-0.3, -0.25) is 4.79 Å².